The molecule has 0 bridgehead atoms. The number of halogens is 2. The summed E-state index contributed by atoms with van der Waals surface area (Å²) in [7, 11) is 0. The van der Waals surface area contributed by atoms with Gasteiger partial charge in [-0.1, -0.05) is 35.0 Å². The molecule has 0 saturated heterocycles. The predicted octanol–water partition coefficient (Wildman–Crippen LogP) is 3.87. The lowest BCUT2D eigenvalue weighted by atomic mass is 10.1. The first-order valence-corrected chi connectivity index (χ1v) is 7.10. The zero-order valence-electron chi connectivity index (χ0n) is 10.5. The van der Waals surface area contributed by atoms with Crippen molar-refractivity contribution in [2.24, 2.45) is 0 Å². The van der Waals surface area contributed by atoms with Crippen molar-refractivity contribution in [3.05, 3.63) is 35.6 Å². The van der Waals surface area contributed by atoms with Gasteiger partial charge in [-0.05, 0) is 43.4 Å². The van der Waals surface area contributed by atoms with Crippen molar-refractivity contribution in [2.75, 3.05) is 6.61 Å². The second kappa shape index (κ2) is 8.25. The van der Waals surface area contributed by atoms with E-state index < -0.39 is 0 Å². The lowest BCUT2D eigenvalue weighted by molar-refractivity contribution is -0.142. The second-order valence-corrected chi connectivity index (χ2v) is 5.26. The number of alkyl halides is 1. The van der Waals surface area contributed by atoms with Gasteiger partial charge in [-0.2, -0.15) is 0 Å². The predicted molar refractivity (Wildman–Crippen MR) is 73.3 cm³/mol. The van der Waals surface area contributed by atoms with Crippen molar-refractivity contribution in [3.63, 3.8) is 0 Å². The standard InChI is InChI=1S/C14H18BrFO2/c1-2-10-18-14(17)13(15)5-3-4-11-6-8-12(16)9-7-11/h6-9,13H,2-5,10H2,1H3. The summed E-state index contributed by atoms with van der Waals surface area (Å²) in [4.78, 5) is 11.2. The molecule has 0 amide bonds. The Morgan fingerprint density at radius 3 is 2.67 bits per heavy atom. The molecule has 1 rings (SSSR count). The molecular formula is C14H18BrFO2. The Labute approximate surface area is 116 Å². The summed E-state index contributed by atoms with van der Waals surface area (Å²) in [6, 6.07) is 6.45. The summed E-state index contributed by atoms with van der Waals surface area (Å²) in [5, 5.41) is 0. The number of benzene rings is 1. The topological polar surface area (TPSA) is 26.3 Å². The maximum atomic E-state index is 12.7. The molecular weight excluding hydrogens is 299 g/mol. The highest BCUT2D eigenvalue weighted by molar-refractivity contribution is 9.10. The van der Waals surface area contributed by atoms with Crippen LogP contribution in [0.1, 0.15) is 31.7 Å². The van der Waals surface area contributed by atoms with Gasteiger partial charge in [0.1, 0.15) is 10.6 Å². The summed E-state index contributed by atoms with van der Waals surface area (Å²) in [6.45, 7) is 2.43. The zero-order chi connectivity index (χ0) is 13.4. The summed E-state index contributed by atoms with van der Waals surface area (Å²) >= 11 is 3.32. The van der Waals surface area contributed by atoms with Crippen LogP contribution in [0.15, 0.2) is 24.3 Å². The van der Waals surface area contributed by atoms with Crippen molar-refractivity contribution in [2.45, 2.75) is 37.4 Å². The van der Waals surface area contributed by atoms with Crippen LogP contribution in [-0.4, -0.2) is 17.4 Å². The molecule has 4 heteroatoms. The van der Waals surface area contributed by atoms with Crippen LogP contribution in [0.2, 0.25) is 0 Å². The Bertz CT molecular complexity index is 365. The fourth-order valence-electron chi connectivity index (χ4n) is 1.55. The first-order valence-electron chi connectivity index (χ1n) is 6.18. The van der Waals surface area contributed by atoms with Gasteiger partial charge in [-0.25, -0.2) is 4.39 Å². The summed E-state index contributed by atoms with van der Waals surface area (Å²) < 4.78 is 17.7. The van der Waals surface area contributed by atoms with Gasteiger partial charge in [0.25, 0.3) is 0 Å². The lowest BCUT2D eigenvalue weighted by Crippen LogP contribution is -2.18. The third kappa shape index (κ3) is 5.63. The van der Waals surface area contributed by atoms with Crippen LogP contribution < -0.4 is 0 Å². The average Bonchev–Trinajstić information content (AvgIpc) is 2.38. The van der Waals surface area contributed by atoms with Crippen molar-refractivity contribution in [1.82, 2.24) is 0 Å². The number of hydrogen-bond acceptors (Lipinski definition) is 2. The average molecular weight is 317 g/mol. The van der Waals surface area contributed by atoms with E-state index in [-0.39, 0.29) is 16.6 Å². The van der Waals surface area contributed by atoms with Crippen LogP contribution in [0.3, 0.4) is 0 Å². The van der Waals surface area contributed by atoms with E-state index in [1.807, 2.05) is 6.92 Å². The van der Waals surface area contributed by atoms with Crippen molar-refractivity contribution < 1.29 is 13.9 Å². The van der Waals surface area contributed by atoms with Crippen molar-refractivity contribution in [3.8, 4) is 0 Å². The third-order valence-corrected chi connectivity index (χ3v) is 3.37. The maximum Gasteiger partial charge on any atom is 0.319 e. The number of carbonyl (C=O) groups excluding carboxylic acids is 1. The van der Waals surface area contributed by atoms with E-state index in [1.54, 1.807) is 12.1 Å². The van der Waals surface area contributed by atoms with Gasteiger partial charge in [0, 0.05) is 0 Å². The third-order valence-electron chi connectivity index (χ3n) is 2.54. The molecule has 1 aromatic rings. The van der Waals surface area contributed by atoms with Crippen LogP contribution in [0.25, 0.3) is 0 Å². The normalized spacial score (nSPS) is 12.2. The molecule has 0 heterocycles. The monoisotopic (exact) mass is 316 g/mol. The van der Waals surface area contributed by atoms with Crippen LogP contribution in [-0.2, 0) is 16.0 Å². The van der Waals surface area contributed by atoms with Crippen molar-refractivity contribution in [1.29, 1.82) is 0 Å². The number of hydrogen-bond donors (Lipinski definition) is 0. The minimum atomic E-state index is -0.246. The molecule has 1 unspecified atom stereocenters. The Morgan fingerprint density at radius 2 is 2.06 bits per heavy atom. The number of esters is 1. The first-order chi connectivity index (χ1) is 8.63. The van der Waals surface area contributed by atoms with Gasteiger partial charge < -0.3 is 4.74 Å². The molecule has 0 radical (unpaired) electrons. The lowest BCUT2D eigenvalue weighted by Gasteiger charge is -2.09. The first kappa shape index (κ1) is 15.2. The van der Waals surface area contributed by atoms with E-state index in [0.29, 0.717) is 6.61 Å². The van der Waals surface area contributed by atoms with Crippen LogP contribution >= 0.6 is 15.9 Å². The van der Waals surface area contributed by atoms with Crippen LogP contribution in [0, 0.1) is 5.82 Å². The molecule has 2 nitrogen and oxygen atoms in total. The highest BCUT2D eigenvalue weighted by Gasteiger charge is 2.15. The van der Waals surface area contributed by atoms with E-state index in [9.17, 15) is 9.18 Å². The molecule has 0 aliphatic rings. The molecule has 100 valence electrons. The number of carbonyl (C=O) groups is 1. The summed E-state index contributed by atoms with van der Waals surface area (Å²) in [6.07, 6.45) is 3.26. The molecule has 0 saturated carbocycles. The highest BCUT2D eigenvalue weighted by atomic mass is 79.9. The summed E-state index contributed by atoms with van der Waals surface area (Å²) in [5.41, 5.74) is 1.08. The molecule has 0 fully saturated rings. The minimum absolute atomic E-state index is 0.198. The Hall–Kier alpha value is -0.900. The van der Waals surface area contributed by atoms with Crippen LogP contribution in [0.4, 0.5) is 4.39 Å². The van der Waals surface area contributed by atoms with E-state index in [4.69, 9.17) is 4.74 Å². The van der Waals surface area contributed by atoms with Gasteiger partial charge >= 0.3 is 5.97 Å². The maximum absolute atomic E-state index is 12.7. The SMILES string of the molecule is CCCOC(=O)C(Br)CCCc1ccc(F)cc1. The van der Waals surface area contributed by atoms with Crippen molar-refractivity contribution >= 4 is 21.9 Å². The van der Waals surface area contributed by atoms with E-state index in [1.165, 1.54) is 12.1 Å². The minimum Gasteiger partial charge on any atom is -0.465 e. The highest BCUT2D eigenvalue weighted by Crippen LogP contribution is 2.14. The second-order valence-electron chi connectivity index (χ2n) is 4.15. The Balaban J connectivity index is 2.24. The molecule has 1 aromatic carbocycles. The van der Waals surface area contributed by atoms with Gasteiger partial charge in [0.15, 0.2) is 0 Å². The molecule has 0 spiro atoms. The van der Waals surface area contributed by atoms with Gasteiger partial charge in [0.2, 0.25) is 0 Å². The summed E-state index contributed by atoms with van der Waals surface area (Å²) in [5.74, 6) is -0.420. The largest absolute Gasteiger partial charge is 0.465 e. The molecule has 1 atom stereocenters. The van der Waals surface area contributed by atoms with Crippen LogP contribution in [0.5, 0.6) is 0 Å². The Kier molecular flexibility index (Phi) is 6.94. The number of ether oxygens (including phenoxy) is 1. The van der Waals surface area contributed by atoms with Gasteiger partial charge in [-0.3, -0.25) is 4.79 Å². The van der Waals surface area contributed by atoms with Gasteiger partial charge in [-0.15, -0.1) is 0 Å². The molecule has 0 aromatic heterocycles. The fourth-order valence-corrected chi connectivity index (χ4v) is 2.00. The zero-order valence-corrected chi connectivity index (χ0v) is 12.1. The number of aryl methyl sites for hydroxylation is 1. The van der Waals surface area contributed by atoms with E-state index in [0.717, 1.165) is 31.2 Å². The smallest absolute Gasteiger partial charge is 0.319 e. The fraction of sp³-hybridized carbons (Fsp3) is 0.500. The van der Waals surface area contributed by atoms with E-state index in [2.05, 4.69) is 15.9 Å². The molecule has 18 heavy (non-hydrogen) atoms. The van der Waals surface area contributed by atoms with Gasteiger partial charge in [0.05, 0.1) is 6.61 Å². The molecule has 0 aliphatic heterocycles. The quantitative estimate of drug-likeness (QED) is 0.564. The molecule has 0 aliphatic carbocycles. The van der Waals surface area contributed by atoms with E-state index >= 15 is 0 Å². The Morgan fingerprint density at radius 1 is 1.39 bits per heavy atom. The molecule has 0 N–H and O–H groups in total. The number of rotatable bonds is 7.